The van der Waals surface area contributed by atoms with Crippen LogP contribution >= 0.6 is 8.58 Å². The molecule has 0 nitrogen and oxygen atoms in total. The van der Waals surface area contributed by atoms with Gasteiger partial charge < -0.3 is 0 Å². The Bertz CT molecular complexity index is 223. The summed E-state index contributed by atoms with van der Waals surface area (Å²) in [4.78, 5) is 0. The van der Waals surface area contributed by atoms with Crippen LogP contribution in [0.1, 0.15) is 12.5 Å². The van der Waals surface area contributed by atoms with E-state index in [1.807, 2.05) is 6.08 Å². The van der Waals surface area contributed by atoms with Gasteiger partial charge in [0.05, 0.1) is 0 Å². The highest BCUT2D eigenvalue weighted by Gasteiger charge is 1.88. The predicted octanol–water partition coefficient (Wildman–Crippen LogP) is 2.65. The first-order chi connectivity index (χ1) is 5.36. The Hall–Kier alpha value is -0.610. The maximum absolute atomic E-state index is 3.71. The Morgan fingerprint density at radius 1 is 1.36 bits per heavy atom. The second-order valence-electron chi connectivity index (χ2n) is 2.36. The largest absolute Gasteiger partial charge is 0.0985 e. The van der Waals surface area contributed by atoms with E-state index in [1.54, 1.807) is 0 Å². The van der Waals surface area contributed by atoms with Crippen LogP contribution in [-0.4, -0.2) is 6.16 Å². The molecule has 0 heterocycles. The molecule has 58 valence electrons. The molecule has 0 saturated heterocycles. The fourth-order valence-electron chi connectivity index (χ4n) is 0.941. The lowest BCUT2D eigenvalue weighted by Gasteiger charge is -1.98. The van der Waals surface area contributed by atoms with E-state index in [4.69, 9.17) is 0 Å². The molecule has 0 bridgehead atoms. The van der Waals surface area contributed by atoms with Crippen LogP contribution in [0, 0.1) is 0 Å². The first-order valence-electron chi connectivity index (χ1n) is 3.83. The fourth-order valence-corrected chi connectivity index (χ4v) is 1.75. The Morgan fingerprint density at radius 3 is 2.45 bits per heavy atom. The highest BCUT2D eigenvalue weighted by Crippen LogP contribution is 2.09. The van der Waals surface area contributed by atoms with Crippen LogP contribution in [-0.2, 0) is 0 Å². The highest BCUT2D eigenvalue weighted by molar-refractivity contribution is 7.47. The van der Waals surface area contributed by atoms with E-state index >= 15 is 0 Å². The molecule has 11 heavy (non-hydrogen) atoms. The minimum atomic E-state index is 0.951. The third-order valence-corrected chi connectivity index (χ3v) is 2.62. The van der Waals surface area contributed by atoms with Gasteiger partial charge in [-0.15, -0.1) is 0 Å². The normalized spacial score (nSPS) is 10.6. The summed E-state index contributed by atoms with van der Waals surface area (Å²) in [6.45, 7) is 5.92. The van der Waals surface area contributed by atoms with Gasteiger partial charge in [-0.25, -0.2) is 0 Å². The third kappa shape index (κ3) is 2.48. The third-order valence-electron chi connectivity index (χ3n) is 1.53. The van der Waals surface area contributed by atoms with Crippen LogP contribution < -0.4 is 5.30 Å². The molecule has 0 radical (unpaired) electrons. The van der Waals surface area contributed by atoms with Gasteiger partial charge in [-0.2, -0.15) is 0 Å². The fraction of sp³-hybridized carbons (Fsp3) is 0.200. The van der Waals surface area contributed by atoms with Crippen molar-refractivity contribution in [3.63, 3.8) is 0 Å². The topological polar surface area (TPSA) is 0 Å². The van der Waals surface area contributed by atoms with E-state index in [0.29, 0.717) is 0 Å². The van der Waals surface area contributed by atoms with E-state index in [1.165, 1.54) is 17.0 Å². The average Bonchev–Trinajstić information content (AvgIpc) is 2.07. The van der Waals surface area contributed by atoms with Crippen LogP contribution in [0.25, 0.3) is 6.08 Å². The van der Waals surface area contributed by atoms with Gasteiger partial charge in [0.15, 0.2) is 0 Å². The smallest absolute Gasteiger partial charge is 0.0262 e. The zero-order valence-corrected chi connectivity index (χ0v) is 7.80. The molecule has 0 aromatic heterocycles. The zero-order valence-electron chi connectivity index (χ0n) is 6.80. The summed E-state index contributed by atoms with van der Waals surface area (Å²) >= 11 is 0. The van der Waals surface area contributed by atoms with Crippen molar-refractivity contribution in [1.29, 1.82) is 0 Å². The summed E-state index contributed by atoms with van der Waals surface area (Å²) in [6.07, 6.45) is 3.12. The molecule has 0 amide bonds. The van der Waals surface area contributed by atoms with Crippen LogP contribution in [0.2, 0.25) is 0 Å². The zero-order chi connectivity index (χ0) is 8.10. The minimum Gasteiger partial charge on any atom is -0.0985 e. The van der Waals surface area contributed by atoms with E-state index in [-0.39, 0.29) is 0 Å². The molecular weight excluding hydrogens is 151 g/mol. The van der Waals surface area contributed by atoms with Crippen LogP contribution in [0.15, 0.2) is 30.8 Å². The van der Waals surface area contributed by atoms with Crippen molar-refractivity contribution in [3.05, 3.63) is 36.4 Å². The molecule has 0 aliphatic heterocycles. The highest BCUT2D eigenvalue weighted by atomic mass is 31.1. The van der Waals surface area contributed by atoms with Gasteiger partial charge in [-0.3, -0.25) is 0 Å². The molecule has 1 aromatic carbocycles. The molecule has 0 saturated carbocycles. The molecule has 0 aliphatic rings. The summed E-state index contributed by atoms with van der Waals surface area (Å²) in [5, 5.41) is 1.44. The van der Waals surface area contributed by atoms with Crippen molar-refractivity contribution in [1.82, 2.24) is 0 Å². The monoisotopic (exact) mass is 164 g/mol. The van der Waals surface area contributed by atoms with Crippen molar-refractivity contribution < 1.29 is 0 Å². The number of rotatable bonds is 3. The van der Waals surface area contributed by atoms with Crippen LogP contribution in [0.5, 0.6) is 0 Å². The van der Waals surface area contributed by atoms with Crippen molar-refractivity contribution in [2.24, 2.45) is 0 Å². The van der Waals surface area contributed by atoms with Crippen molar-refractivity contribution in [2.75, 3.05) is 6.16 Å². The average molecular weight is 164 g/mol. The lowest BCUT2D eigenvalue weighted by Crippen LogP contribution is -1.92. The molecule has 1 atom stereocenters. The SMILES string of the molecule is C=Cc1ccc(PCC)cc1. The lowest BCUT2D eigenvalue weighted by molar-refractivity contribution is 1.52. The molecule has 1 aromatic rings. The van der Waals surface area contributed by atoms with Gasteiger partial charge in [0, 0.05) is 0 Å². The Kier molecular flexibility index (Phi) is 3.32. The first-order valence-corrected chi connectivity index (χ1v) is 5.04. The molecule has 1 rings (SSSR count). The summed E-state index contributed by atoms with van der Waals surface area (Å²) in [5.74, 6) is 0. The maximum atomic E-state index is 3.71. The van der Waals surface area contributed by atoms with Crippen LogP contribution in [0.3, 0.4) is 0 Å². The predicted molar refractivity (Wildman–Crippen MR) is 55.0 cm³/mol. The lowest BCUT2D eigenvalue weighted by atomic mass is 10.2. The Morgan fingerprint density at radius 2 is 2.00 bits per heavy atom. The summed E-state index contributed by atoms with van der Waals surface area (Å²) < 4.78 is 0. The van der Waals surface area contributed by atoms with Gasteiger partial charge in [-0.1, -0.05) is 52.4 Å². The summed E-state index contributed by atoms with van der Waals surface area (Å²) in [7, 11) is 0.951. The molecular formula is C10H13P. The Labute approximate surface area is 70.1 Å². The van der Waals surface area contributed by atoms with Crippen molar-refractivity contribution >= 4 is 20.0 Å². The second kappa shape index (κ2) is 4.31. The quantitative estimate of drug-likeness (QED) is 0.602. The van der Waals surface area contributed by atoms with E-state index in [0.717, 1.165) is 8.58 Å². The second-order valence-corrected chi connectivity index (χ2v) is 3.99. The van der Waals surface area contributed by atoms with E-state index in [2.05, 4.69) is 37.8 Å². The first kappa shape index (κ1) is 8.49. The van der Waals surface area contributed by atoms with Gasteiger partial charge in [-0.05, 0) is 17.0 Å². The standard InChI is InChI=1S/C10H13P/c1-3-9-5-7-10(8-6-9)11-4-2/h3,5-8,11H,1,4H2,2H3. The van der Waals surface area contributed by atoms with Gasteiger partial charge >= 0.3 is 0 Å². The van der Waals surface area contributed by atoms with Crippen LogP contribution in [0.4, 0.5) is 0 Å². The van der Waals surface area contributed by atoms with Gasteiger partial charge in [0.2, 0.25) is 0 Å². The van der Waals surface area contributed by atoms with Gasteiger partial charge in [0.1, 0.15) is 0 Å². The molecule has 1 heteroatoms. The molecule has 1 unspecified atom stereocenters. The molecule has 0 spiro atoms. The molecule has 0 fully saturated rings. The number of benzene rings is 1. The summed E-state index contributed by atoms with van der Waals surface area (Å²) in [6, 6.07) is 8.59. The van der Waals surface area contributed by atoms with Crippen molar-refractivity contribution in [2.45, 2.75) is 6.92 Å². The number of hydrogen-bond donors (Lipinski definition) is 0. The van der Waals surface area contributed by atoms with E-state index in [9.17, 15) is 0 Å². The summed E-state index contributed by atoms with van der Waals surface area (Å²) in [5.41, 5.74) is 1.20. The van der Waals surface area contributed by atoms with Gasteiger partial charge in [0.25, 0.3) is 0 Å². The van der Waals surface area contributed by atoms with Crippen molar-refractivity contribution in [3.8, 4) is 0 Å². The molecule has 0 N–H and O–H groups in total. The minimum absolute atomic E-state index is 0.951. The Balaban J connectivity index is 2.74. The number of hydrogen-bond acceptors (Lipinski definition) is 0. The molecule has 0 aliphatic carbocycles. The maximum Gasteiger partial charge on any atom is -0.0262 e. The van der Waals surface area contributed by atoms with E-state index < -0.39 is 0 Å².